The number of carbonyl (C=O) groups is 2. The first kappa shape index (κ1) is 17.0. The molecule has 0 spiro atoms. The molecule has 3 saturated heterocycles. The zero-order valence-electron chi connectivity index (χ0n) is 15.6. The van der Waals surface area contributed by atoms with Crippen molar-refractivity contribution in [1.82, 2.24) is 9.80 Å². The van der Waals surface area contributed by atoms with Crippen molar-refractivity contribution in [3.8, 4) is 5.75 Å². The molecule has 2 amide bonds. The molecule has 2 atom stereocenters. The van der Waals surface area contributed by atoms with Gasteiger partial charge in [-0.1, -0.05) is 0 Å². The number of likely N-dealkylation sites (tertiary alicyclic amines) is 2. The lowest BCUT2D eigenvalue weighted by Gasteiger charge is -2.35. The molecule has 4 aliphatic rings. The van der Waals surface area contributed by atoms with E-state index in [1.807, 2.05) is 28.0 Å². The Bertz CT molecular complexity index is 773. The van der Waals surface area contributed by atoms with Crippen LogP contribution in [0.25, 0.3) is 0 Å². The molecule has 0 aromatic heterocycles. The number of piperidine rings is 1. The first-order chi connectivity index (χ1) is 13.2. The molecule has 5 rings (SSSR count). The maximum Gasteiger partial charge on any atom is 0.253 e. The van der Waals surface area contributed by atoms with Crippen LogP contribution in [0.4, 0.5) is 0 Å². The number of hydrogen-bond acceptors (Lipinski definition) is 4. The predicted octanol–water partition coefficient (Wildman–Crippen LogP) is 1.72. The monoisotopic (exact) mass is 370 g/mol. The zero-order valence-corrected chi connectivity index (χ0v) is 15.6. The minimum absolute atomic E-state index is 0.0184. The van der Waals surface area contributed by atoms with E-state index in [4.69, 9.17) is 9.47 Å². The van der Waals surface area contributed by atoms with E-state index < -0.39 is 5.41 Å². The van der Waals surface area contributed by atoms with Crippen molar-refractivity contribution in [3.63, 3.8) is 0 Å². The van der Waals surface area contributed by atoms with Crippen LogP contribution in [0.1, 0.15) is 35.2 Å². The smallest absolute Gasteiger partial charge is 0.253 e. The van der Waals surface area contributed by atoms with Crippen molar-refractivity contribution in [2.24, 2.45) is 11.3 Å². The second-order valence-corrected chi connectivity index (χ2v) is 8.33. The van der Waals surface area contributed by atoms with E-state index >= 15 is 0 Å². The molecule has 144 valence electrons. The van der Waals surface area contributed by atoms with E-state index in [1.54, 1.807) is 0 Å². The molecule has 4 aliphatic heterocycles. The van der Waals surface area contributed by atoms with Crippen LogP contribution in [0.2, 0.25) is 0 Å². The van der Waals surface area contributed by atoms with Crippen LogP contribution >= 0.6 is 0 Å². The number of hydrogen-bond donors (Lipinski definition) is 0. The van der Waals surface area contributed by atoms with E-state index in [1.165, 1.54) is 6.42 Å². The molecule has 27 heavy (non-hydrogen) atoms. The Kier molecular flexibility index (Phi) is 4.11. The van der Waals surface area contributed by atoms with Crippen LogP contribution in [0.5, 0.6) is 5.75 Å². The van der Waals surface area contributed by atoms with Crippen molar-refractivity contribution in [2.75, 3.05) is 46.0 Å². The Morgan fingerprint density at radius 3 is 2.81 bits per heavy atom. The number of benzene rings is 1. The summed E-state index contributed by atoms with van der Waals surface area (Å²) in [6, 6.07) is 5.69. The van der Waals surface area contributed by atoms with Gasteiger partial charge in [-0.25, -0.2) is 0 Å². The lowest BCUT2D eigenvalue weighted by Crippen LogP contribution is -2.50. The second-order valence-electron chi connectivity index (χ2n) is 8.33. The number of fused-ring (bicyclic) bond motifs is 2. The quantitative estimate of drug-likeness (QED) is 0.795. The van der Waals surface area contributed by atoms with Gasteiger partial charge in [-0.15, -0.1) is 0 Å². The normalized spacial score (nSPS) is 29.4. The summed E-state index contributed by atoms with van der Waals surface area (Å²) in [5.74, 6) is 1.20. The molecule has 0 unspecified atom stereocenters. The van der Waals surface area contributed by atoms with Gasteiger partial charge in [0.2, 0.25) is 5.91 Å². The van der Waals surface area contributed by atoms with Gasteiger partial charge in [0.15, 0.2) is 0 Å². The van der Waals surface area contributed by atoms with E-state index in [2.05, 4.69) is 0 Å². The molecule has 4 heterocycles. The van der Waals surface area contributed by atoms with Crippen molar-refractivity contribution in [1.29, 1.82) is 0 Å². The Morgan fingerprint density at radius 1 is 1.11 bits per heavy atom. The number of carbonyl (C=O) groups excluding carboxylic acids is 2. The Morgan fingerprint density at radius 2 is 1.96 bits per heavy atom. The Balaban J connectivity index is 1.37. The summed E-state index contributed by atoms with van der Waals surface area (Å²) < 4.78 is 11.3. The molecule has 6 heteroatoms. The third-order valence-corrected chi connectivity index (χ3v) is 6.67. The molecule has 3 fully saturated rings. The third-order valence-electron chi connectivity index (χ3n) is 6.67. The van der Waals surface area contributed by atoms with Gasteiger partial charge in [0, 0.05) is 44.1 Å². The first-order valence-electron chi connectivity index (χ1n) is 10.1. The molecule has 1 aromatic rings. The highest BCUT2D eigenvalue weighted by atomic mass is 16.5. The van der Waals surface area contributed by atoms with Gasteiger partial charge >= 0.3 is 0 Å². The summed E-state index contributed by atoms with van der Waals surface area (Å²) in [7, 11) is 0. The standard InChI is InChI=1S/C21H26N2O4/c24-19(16-4-5-18-15(10-16)6-9-27-18)23-11-17-12-26-14-21(17,13-23)20(25)22-7-2-1-3-8-22/h4-5,10,17H,1-3,6-9,11-14H2/t17-,21-/m1/s1. The molecule has 6 nitrogen and oxygen atoms in total. The fourth-order valence-corrected chi connectivity index (χ4v) is 5.11. The van der Waals surface area contributed by atoms with Gasteiger partial charge in [-0.05, 0) is 43.0 Å². The van der Waals surface area contributed by atoms with Gasteiger partial charge in [-0.3, -0.25) is 9.59 Å². The highest BCUT2D eigenvalue weighted by molar-refractivity contribution is 5.96. The van der Waals surface area contributed by atoms with Crippen LogP contribution in [-0.2, 0) is 16.0 Å². The summed E-state index contributed by atoms with van der Waals surface area (Å²) in [5, 5.41) is 0. The average molecular weight is 370 g/mol. The Labute approximate surface area is 159 Å². The molecule has 0 radical (unpaired) electrons. The van der Waals surface area contributed by atoms with Gasteiger partial charge in [-0.2, -0.15) is 0 Å². The predicted molar refractivity (Wildman–Crippen MR) is 98.7 cm³/mol. The van der Waals surface area contributed by atoms with Gasteiger partial charge in [0.05, 0.1) is 25.2 Å². The van der Waals surface area contributed by atoms with Crippen molar-refractivity contribution in [2.45, 2.75) is 25.7 Å². The number of ether oxygens (including phenoxy) is 2. The van der Waals surface area contributed by atoms with E-state index in [9.17, 15) is 9.59 Å². The summed E-state index contributed by atoms with van der Waals surface area (Å²) in [6.07, 6.45) is 4.20. The fourth-order valence-electron chi connectivity index (χ4n) is 5.11. The molecular weight excluding hydrogens is 344 g/mol. The minimum atomic E-state index is -0.549. The molecule has 0 bridgehead atoms. The summed E-state index contributed by atoms with van der Waals surface area (Å²) in [6.45, 7) is 4.45. The van der Waals surface area contributed by atoms with Crippen LogP contribution in [0.3, 0.4) is 0 Å². The summed E-state index contributed by atoms with van der Waals surface area (Å²) in [5.41, 5.74) is 1.25. The summed E-state index contributed by atoms with van der Waals surface area (Å²) in [4.78, 5) is 30.4. The molecule has 0 saturated carbocycles. The topological polar surface area (TPSA) is 59.1 Å². The van der Waals surface area contributed by atoms with E-state index in [0.29, 0.717) is 38.5 Å². The van der Waals surface area contributed by atoms with Crippen molar-refractivity contribution >= 4 is 11.8 Å². The first-order valence-corrected chi connectivity index (χ1v) is 10.1. The summed E-state index contributed by atoms with van der Waals surface area (Å²) >= 11 is 0. The van der Waals surface area contributed by atoms with Gasteiger partial charge < -0.3 is 19.3 Å². The van der Waals surface area contributed by atoms with E-state index in [0.717, 1.165) is 43.7 Å². The third kappa shape index (κ3) is 2.73. The fraction of sp³-hybridized carbons (Fsp3) is 0.619. The van der Waals surface area contributed by atoms with Gasteiger partial charge in [0.1, 0.15) is 5.75 Å². The lowest BCUT2D eigenvalue weighted by molar-refractivity contribution is -0.143. The Hall–Kier alpha value is -2.08. The van der Waals surface area contributed by atoms with Crippen LogP contribution < -0.4 is 4.74 Å². The largest absolute Gasteiger partial charge is 0.493 e. The lowest BCUT2D eigenvalue weighted by atomic mass is 9.79. The number of amides is 2. The van der Waals surface area contributed by atoms with Crippen LogP contribution in [0, 0.1) is 11.3 Å². The van der Waals surface area contributed by atoms with Crippen LogP contribution in [0.15, 0.2) is 18.2 Å². The highest BCUT2D eigenvalue weighted by Crippen LogP contribution is 2.43. The molecular formula is C21H26N2O4. The van der Waals surface area contributed by atoms with Gasteiger partial charge in [0.25, 0.3) is 5.91 Å². The average Bonchev–Trinajstić information content (AvgIpc) is 3.40. The maximum atomic E-state index is 13.4. The SMILES string of the molecule is O=C(c1ccc2c(c1)CCO2)N1C[C@@H]2COC[C@]2(C(=O)N2CCCCC2)C1. The zero-order chi connectivity index (χ0) is 18.4. The molecule has 0 N–H and O–H groups in total. The number of nitrogens with zero attached hydrogens (tertiary/aromatic N) is 2. The van der Waals surface area contributed by atoms with Crippen molar-refractivity contribution in [3.05, 3.63) is 29.3 Å². The molecule has 1 aromatic carbocycles. The van der Waals surface area contributed by atoms with Crippen LogP contribution in [-0.4, -0.2) is 67.6 Å². The van der Waals surface area contributed by atoms with E-state index in [-0.39, 0.29) is 17.7 Å². The maximum absolute atomic E-state index is 13.4. The van der Waals surface area contributed by atoms with Crippen molar-refractivity contribution < 1.29 is 19.1 Å². The minimum Gasteiger partial charge on any atom is -0.493 e. The number of rotatable bonds is 2. The second kappa shape index (κ2) is 6.51. The highest BCUT2D eigenvalue weighted by Gasteiger charge is 2.58. The molecule has 0 aliphatic carbocycles.